The Morgan fingerprint density at radius 3 is 2.59 bits per heavy atom. The summed E-state index contributed by atoms with van der Waals surface area (Å²) >= 11 is 0. The number of piperidine rings is 1. The number of likely N-dealkylation sites (tertiary alicyclic amines) is 1. The Morgan fingerprint density at radius 2 is 1.88 bits per heavy atom. The lowest BCUT2D eigenvalue weighted by Crippen LogP contribution is -2.44. The summed E-state index contributed by atoms with van der Waals surface area (Å²) in [6.07, 6.45) is 7.59. The third-order valence-corrected chi connectivity index (χ3v) is 7.45. The largest absolute Gasteiger partial charge is 0.497 e. The van der Waals surface area contributed by atoms with E-state index in [1.165, 1.54) is 17.5 Å². The van der Waals surface area contributed by atoms with Gasteiger partial charge in [-0.25, -0.2) is 9.97 Å². The van der Waals surface area contributed by atoms with Gasteiger partial charge in [0.1, 0.15) is 17.4 Å². The van der Waals surface area contributed by atoms with Crippen molar-refractivity contribution < 1.29 is 9.53 Å². The number of aromatic nitrogens is 2. The number of carbonyl (C=O) groups is 1. The molecule has 2 aliphatic heterocycles. The first-order valence-electron chi connectivity index (χ1n) is 12.2. The van der Waals surface area contributed by atoms with Crippen LogP contribution in [0.4, 0.5) is 5.82 Å². The van der Waals surface area contributed by atoms with Gasteiger partial charge in [-0.15, -0.1) is 0 Å². The van der Waals surface area contributed by atoms with Gasteiger partial charge in [-0.05, 0) is 63.1 Å². The zero-order valence-electron chi connectivity index (χ0n) is 19.3. The van der Waals surface area contributed by atoms with E-state index < -0.39 is 0 Å². The van der Waals surface area contributed by atoms with Gasteiger partial charge in [-0.2, -0.15) is 0 Å². The number of hydrogen-bond donors (Lipinski definition) is 0. The molecule has 2 aromatic rings. The third-order valence-electron chi connectivity index (χ3n) is 7.45. The van der Waals surface area contributed by atoms with Crippen LogP contribution in [0.3, 0.4) is 0 Å². The number of ether oxygens (including phenoxy) is 1. The molecule has 5 rings (SSSR count). The maximum atomic E-state index is 12.8. The van der Waals surface area contributed by atoms with E-state index in [4.69, 9.17) is 14.7 Å². The number of aryl methyl sites for hydroxylation is 1. The quantitative estimate of drug-likeness (QED) is 0.704. The van der Waals surface area contributed by atoms with Crippen molar-refractivity contribution in [2.45, 2.75) is 64.3 Å². The molecule has 0 radical (unpaired) electrons. The zero-order chi connectivity index (χ0) is 22.1. The Hall–Kier alpha value is -2.63. The number of fused-ring (bicyclic) bond motifs is 1. The van der Waals surface area contributed by atoms with Crippen LogP contribution in [0.5, 0.6) is 5.75 Å². The van der Waals surface area contributed by atoms with Crippen molar-refractivity contribution >= 4 is 11.7 Å². The molecule has 0 unspecified atom stereocenters. The molecule has 32 heavy (non-hydrogen) atoms. The van der Waals surface area contributed by atoms with Crippen molar-refractivity contribution in [1.82, 2.24) is 14.9 Å². The van der Waals surface area contributed by atoms with Crippen molar-refractivity contribution in [3.05, 3.63) is 46.9 Å². The fraction of sp³-hybridized carbons (Fsp3) is 0.577. The number of benzene rings is 1. The second-order valence-electron chi connectivity index (χ2n) is 9.59. The second-order valence-corrected chi connectivity index (χ2v) is 9.59. The van der Waals surface area contributed by atoms with Crippen LogP contribution in [0, 0.1) is 12.8 Å². The summed E-state index contributed by atoms with van der Waals surface area (Å²) in [5.74, 6) is 3.76. The number of rotatable bonds is 5. The highest BCUT2D eigenvalue weighted by Crippen LogP contribution is 2.34. The van der Waals surface area contributed by atoms with E-state index in [-0.39, 0.29) is 11.8 Å². The highest BCUT2D eigenvalue weighted by molar-refractivity contribution is 5.79. The second kappa shape index (κ2) is 9.08. The van der Waals surface area contributed by atoms with Crippen LogP contribution in [0.25, 0.3) is 0 Å². The number of hydrogen-bond acceptors (Lipinski definition) is 5. The number of nitrogens with zero attached hydrogens (tertiary/aromatic N) is 4. The molecule has 6 heteroatoms. The van der Waals surface area contributed by atoms with Gasteiger partial charge in [0, 0.05) is 49.3 Å². The topological polar surface area (TPSA) is 58.6 Å². The minimum absolute atomic E-state index is 0.238. The Bertz CT molecular complexity index is 971. The van der Waals surface area contributed by atoms with Crippen LogP contribution < -0.4 is 9.64 Å². The molecule has 1 aromatic heterocycles. The normalized spacial score (nSPS) is 21.1. The summed E-state index contributed by atoms with van der Waals surface area (Å²) in [6.45, 7) is 5.63. The molecule has 1 atom stereocenters. The summed E-state index contributed by atoms with van der Waals surface area (Å²) < 4.78 is 5.30. The minimum Gasteiger partial charge on any atom is -0.497 e. The average molecular weight is 435 g/mol. The average Bonchev–Trinajstić information content (AvgIpc) is 2.79. The van der Waals surface area contributed by atoms with Gasteiger partial charge in [-0.1, -0.05) is 18.6 Å². The molecular weight excluding hydrogens is 400 g/mol. The van der Waals surface area contributed by atoms with Crippen molar-refractivity contribution in [3.8, 4) is 5.75 Å². The highest BCUT2D eigenvalue weighted by atomic mass is 16.5. The maximum Gasteiger partial charge on any atom is 0.225 e. The summed E-state index contributed by atoms with van der Waals surface area (Å²) in [4.78, 5) is 27.4. The first kappa shape index (κ1) is 21.2. The van der Waals surface area contributed by atoms with Gasteiger partial charge < -0.3 is 14.5 Å². The van der Waals surface area contributed by atoms with E-state index in [9.17, 15) is 4.79 Å². The zero-order valence-corrected chi connectivity index (χ0v) is 19.3. The SMILES string of the molecule is COc1ccc(CN2CCCc3c(C)nc([C@H]4CCCN(C(=O)C5CCC5)C4)nc32)cc1. The van der Waals surface area contributed by atoms with Crippen molar-refractivity contribution in [2.75, 3.05) is 31.6 Å². The van der Waals surface area contributed by atoms with Gasteiger partial charge in [0.05, 0.1) is 7.11 Å². The smallest absolute Gasteiger partial charge is 0.225 e. The van der Waals surface area contributed by atoms with E-state index in [1.807, 2.05) is 12.1 Å². The number of anilines is 1. The summed E-state index contributed by atoms with van der Waals surface area (Å²) in [5, 5.41) is 0. The van der Waals surface area contributed by atoms with Gasteiger partial charge in [0.25, 0.3) is 0 Å². The molecule has 0 N–H and O–H groups in total. The van der Waals surface area contributed by atoms with Gasteiger partial charge >= 0.3 is 0 Å². The van der Waals surface area contributed by atoms with Gasteiger partial charge in [0.15, 0.2) is 0 Å². The van der Waals surface area contributed by atoms with Gasteiger partial charge in [-0.3, -0.25) is 4.79 Å². The lowest BCUT2D eigenvalue weighted by molar-refractivity contribution is -0.139. The molecule has 170 valence electrons. The fourth-order valence-corrected chi connectivity index (χ4v) is 5.30. The molecule has 1 saturated heterocycles. The molecule has 6 nitrogen and oxygen atoms in total. The molecule has 0 spiro atoms. The Balaban J connectivity index is 1.37. The Labute approximate surface area is 191 Å². The van der Waals surface area contributed by atoms with Crippen molar-refractivity contribution in [3.63, 3.8) is 0 Å². The van der Waals surface area contributed by atoms with E-state index in [0.29, 0.717) is 5.91 Å². The molecule has 3 aliphatic rings. The summed E-state index contributed by atoms with van der Waals surface area (Å²) in [5.41, 5.74) is 3.64. The van der Waals surface area contributed by atoms with Gasteiger partial charge in [0.2, 0.25) is 5.91 Å². The number of methoxy groups -OCH3 is 1. The van der Waals surface area contributed by atoms with Crippen LogP contribution >= 0.6 is 0 Å². The van der Waals surface area contributed by atoms with E-state index >= 15 is 0 Å². The first-order valence-corrected chi connectivity index (χ1v) is 12.2. The molecule has 3 heterocycles. The predicted molar refractivity (Wildman–Crippen MR) is 125 cm³/mol. The molecule has 1 amide bonds. The minimum atomic E-state index is 0.238. The molecule has 1 aliphatic carbocycles. The predicted octanol–water partition coefficient (Wildman–Crippen LogP) is 4.25. The monoisotopic (exact) mass is 434 g/mol. The standard InChI is InChI=1S/C26H34N4O2/c1-18-23-9-5-14-29(16-19-10-12-22(32-2)13-11-19)25(23)28-24(27-18)21-8-4-15-30(17-21)26(31)20-6-3-7-20/h10-13,20-21H,3-9,14-17H2,1-2H3/t21-/m0/s1. The Morgan fingerprint density at radius 1 is 1.06 bits per heavy atom. The maximum absolute atomic E-state index is 12.8. The van der Waals surface area contributed by atoms with Crippen molar-refractivity contribution in [2.24, 2.45) is 5.92 Å². The lowest BCUT2D eigenvalue weighted by atomic mass is 9.83. The molecule has 1 aromatic carbocycles. The third kappa shape index (κ3) is 4.19. The number of carbonyl (C=O) groups excluding carboxylic acids is 1. The molecule has 1 saturated carbocycles. The molecule has 0 bridgehead atoms. The van der Waals surface area contributed by atoms with Crippen LogP contribution in [-0.4, -0.2) is 47.5 Å². The number of amides is 1. The fourth-order valence-electron chi connectivity index (χ4n) is 5.30. The van der Waals surface area contributed by atoms with Crippen LogP contribution in [0.2, 0.25) is 0 Å². The van der Waals surface area contributed by atoms with Crippen LogP contribution in [0.15, 0.2) is 24.3 Å². The van der Waals surface area contributed by atoms with Crippen LogP contribution in [0.1, 0.15) is 67.1 Å². The summed E-state index contributed by atoms with van der Waals surface area (Å²) in [7, 11) is 1.70. The highest BCUT2D eigenvalue weighted by Gasteiger charge is 2.34. The van der Waals surface area contributed by atoms with E-state index in [2.05, 4.69) is 28.9 Å². The first-order chi connectivity index (χ1) is 15.6. The van der Waals surface area contributed by atoms with Crippen molar-refractivity contribution in [1.29, 1.82) is 0 Å². The lowest BCUT2D eigenvalue weighted by Gasteiger charge is -2.37. The Kier molecular flexibility index (Phi) is 6.03. The van der Waals surface area contributed by atoms with E-state index in [0.717, 1.165) is 87.8 Å². The molecule has 2 fully saturated rings. The van der Waals surface area contributed by atoms with E-state index in [1.54, 1.807) is 7.11 Å². The summed E-state index contributed by atoms with van der Waals surface area (Å²) in [6, 6.07) is 8.31. The molecular formula is C26H34N4O2. The van der Waals surface area contributed by atoms with Crippen LogP contribution in [-0.2, 0) is 17.8 Å².